The van der Waals surface area contributed by atoms with Gasteiger partial charge in [0.2, 0.25) is 5.91 Å². The van der Waals surface area contributed by atoms with E-state index in [1.807, 2.05) is 17.0 Å². The van der Waals surface area contributed by atoms with E-state index in [-0.39, 0.29) is 24.1 Å². The number of piperidine rings is 1. The molecule has 0 aromatic carbocycles. The van der Waals surface area contributed by atoms with Crippen LogP contribution in [0.15, 0.2) is 29.4 Å². The van der Waals surface area contributed by atoms with Crippen LogP contribution in [0.3, 0.4) is 0 Å². The first-order valence-electron chi connectivity index (χ1n) is 6.76. The second-order valence-electron chi connectivity index (χ2n) is 5.28. The van der Waals surface area contributed by atoms with Crippen LogP contribution in [-0.4, -0.2) is 44.8 Å². The number of hydrogen-bond acceptors (Lipinski definition) is 4. The molecule has 0 saturated carbocycles. The molecule has 1 amide bonds. The minimum atomic E-state index is -0.214. The highest BCUT2D eigenvalue weighted by atomic mass is 32.2. The Morgan fingerprint density at radius 3 is 2.58 bits per heavy atom. The molecule has 2 atom stereocenters. The fourth-order valence-electron chi connectivity index (χ4n) is 3.21. The van der Waals surface area contributed by atoms with Gasteiger partial charge in [-0.05, 0) is 37.8 Å². The van der Waals surface area contributed by atoms with Crippen molar-refractivity contribution in [1.82, 2.24) is 9.88 Å². The van der Waals surface area contributed by atoms with Gasteiger partial charge in [-0.15, -0.1) is 11.8 Å². The zero-order valence-electron chi connectivity index (χ0n) is 10.7. The number of rotatable bonds is 3. The average molecular weight is 278 g/mol. The largest absolute Gasteiger partial charge is 0.393 e. The first-order valence-corrected chi connectivity index (χ1v) is 7.74. The van der Waals surface area contributed by atoms with E-state index < -0.39 is 0 Å². The first kappa shape index (κ1) is 12.9. The van der Waals surface area contributed by atoms with Gasteiger partial charge in [0.1, 0.15) is 0 Å². The Bertz CT molecular complexity index is 440. The highest BCUT2D eigenvalue weighted by Crippen LogP contribution is 2.36. The van der Waals surface area contributed by atoms with E-state index in [1.54, 1.807) is 24.2 Å². The lowest BCUT2D eigenvalue weighted by molar-refractivity contribution is -0.134. The fraction of sp³-hybridized carbons (Fsp3) is 0.571. The number of aliphatic hydroxyl groups excluding tert-OH is 1. The van der Waals surface area contributed by atoms with Gasteiger partial charge in [-0.25, -0.2) is 0 Å². The van der Waals surface area contributed by atoms with Crippen LogP contribution in [0.25, 0.3) is 0 Å². The zero-order chi connectivity index (χ0) is 13.2. The maximum absolute atomic E-state index is 12.3. The Balaban J connectivity index is 1.59. The van der Waals surface area contributed by atoms with E-state index in [9.17, 15) is 9.90 Å². The molecule has 3 heterocycles. The number of carbonyl (C=O) groups is 1. The molecule has 1 aromatic rings. The van der Waals surface area contributed by atoms with Crippen molar-refractivity contribution in [3.8, 4) is 0 Å². The molecule has 4 nitrogen and oxygen atoms in total. The Hall–Kier alpha value is -1.07. The molecule has 0 aliphatic carbocycles. The summed E-state index contributed by atoms with van der Waals surface area (Å²) in [6.45, 7) is 0. The van der Waals surface area contributed by atoms with E-state index in [0.29, 0.717) is 5.75 Å². The molecule has 1 N–H and O–H groups in total. The van der Waals surface area contributed by atoms with Gasteiger partial charge in [0.15, 0.2) is 0 Å². The number of nitrogens with zero attached hydrogens (tertiary/aromatic N) is 2. The van der Waals surface area contributed by atoms with Crippen LogP contribution in [-0.2, 0) is 4.79 Å². The average Bonchev–Trinajstić information content (AvgIpc) is 2.70. The molecule has 2 bridgehead atoms. The van der Waals surface area contributed by atoms with Crippen molar-refractivity contribution in [3.63, 3.8) is 0 Å². The van der Waals surface area contributed by atoms with Gasteiger partial charge in [0.25, 0.3) is 0 Å². The van der Waals surface area contributed by atoms with E-state index in [1.165, 1.54) is 0 Å². The molecule has 2 fully saturated rings. The molecular weight excluding hydrogens is 260 g/mol. The lowest BCUT2D eigenvalue weighted by Gasteiger charge is -2.37. The predicted octanol–water partition coefficient (Wildman–Crippen LogP) is 1.69. The number of carbonyl (C=O) groups excluding carboxylic acids is 1. The third-order valence-corrected chi connectivity index (χ3v) is 5.01. The van der Waals surface area contributed by atoms with E-state index in [4.69, 9.17) is 0 Å². The van der Waals surface area contributed by atoms with Crippen LogP contribution in [0.1, 0.15) is 25.7 Å². The quantitative estimate of drug-likeness (QED) is 0.855. The van der Waals surface area contributed by atoms with E-state index >= 15 is 0 Å². The van der Waals surface area contributed by atoms with Gasteiger partial charge >= 0.3 is 0 Å². The van der Waals surface area contributed by atoms with Gasteiger partial charge in [-0.1, -0.05) is 0 Å². The third kappa shape index (κ3) is 2.77. The van der Waals surface area contributed by atoms with E-state index in [0.717, 1.165) is 30.6 Å². The molecule has 19 heavy (non-hydrogen) atoms. The Labute approximate surface area is 117 Å². The summed E-state index contributed by atoms with van der Waals surface area (Å²) in [5, 5.41) is 9.75. The first-order chi connectivity index (χ1) is 9.24. The van der Waals surface area contributed by atoms with Gasteiger partial charge in [0, 0.05) is 29.4 Å². The Morgan fingerprint density at radius 1 is 1.32 bits per heavy atom. The van der Waals surface area contributed by atoms with Crippen molar-refractivity contribution < 1.29 is 9.90 Å². The second kappa shape index (κ2) is 5.51. The lowest BCUT2D eigenvalue weighted by atomic mass is 10.00. The van der Waals surface area contributed by atoms with Crippen molar-refractivity contribution in [1.29, 1.82) is 0 Å². The van der Waals surface area contributed by atoms with Crippen molar-refractivity contribution >= 4 is 17.7 Å². The van der Waals surface area contributed by atoms with Crippen LogP contribution < -0.4 is 0 Å². The molecule has 2 unspecified atom stereocenters. The standard InChI is InChI=1S/C14H18N2O2S/c17-12-7-10-1-2-11(8-12)16(10)14(18)9-19-13-3-5-15-6-4-13/h3-6,10-12,17H,1-2,7-9H2. The summed E-state index contributed by atoms with van der Waals surface area (Å²) in [5.74, 6) is 0.689. The minimum absolute atomic E-state index is 0.209. The molecule has 0 spiro atoms. The fourth-order valence-corrected chi connectivity index (χ4v) is 3.96. The molecule has 2 aliphatic heterocycles. The lowest BCUT2D eigenvalue weighted by Crippen LogP contribution is -2.48. The van der Waals surface area contributed by atoms with Crippen molar-refractivity contribution in [3.05, 3.63) is 24.5 Å². The monoisotopic (exact) mass is 278 g/mol. The van der Waals surface area contributed by atoms with Crippen LogP contribution in [0.4, 0.5) is 0 Å². The Morgan fingerprint density at radius 2 is 1.95 bits per heavy atom. The van der Waals surface area contributed by atoms with Gasteiger partial charge in [0.05, 0.1) is 11.9 Å². The Kier molecular flexibility index (Phi) is 3.75. The summed E-state index contributed by atoms with van der Waals surface area (Å²) in [4.78, 5) is 19.4. The van der Waals surface area contributed by atoms with Gasteiger partial charge in [-0.3, -0.25) is 9.78 Å². The molecule has 1 aromatic heterocycles. The predicted molar refractivity (Wildman–Crippen MR) is 73.9 cm³/mol. The number of amides is 1. The normalized spacial score (nSPS) is 29.5. The topological polar surface area (TPSA) is 53.4 Å². The molecule has 5 heteroatoms. The molecule has 3 rings (SSSR count). The number of fused-ring (bicyclic) bond motifs is 2. The van der Waals surface area contributed by atoms with Crippen LogP contribution in [0.2, 0.25) is 0 Å². The highest BCUT2D eigenvalue weighted by Gasteiger charge is 2.42. The highest BCUT2D eigenvalue weighted by molar-refractivity contribution is 8.00. The summed E-state index contributed by atoms with van der Waals surface area (Å²) in [7, 11) is 0. The smallest absolute Gasteiger partial charge is 0.233 e. The van der Waals surface area contributed by atoms with E-state index in [2.05, 4.69) is 4.98 Å². The molecule has 102 valence electrons. The molecule has 2 aliphatic rings. The van der Waals surface area contributed by atoms with Gasteiger partial charge < -0.3 is 10.0 Å². The number of thioether (sulfide) groups is 1. The minimum Gasteiger partial charge on any atom is -0.393 e. The molecule has 2 saturated heterocycles. The van der Waals surface area contributed by atoms with Crippen molar-refractivity contribution in [2.45, 2.75) is 48.8 Å². The SMILES string of the molecule is O=C(CSc1ccncc1)N1C2CCC1CC(O)C2. The number of pyridine rings is 1. The summed E-state index contributed by atoms with van der Waals surface area (Å²) >= 11 is 1.56. The summed E-state index contributed by atoms with van der Waals surface area (Å²) in [6, 6.07) is 4.37. The van der Waals surface area contributed by atoms with Crippen molar-refractivity contribution in [2.24, 2.45) is 0 Å². The van der Waals surface area contributed by atoms with Crippen LogP contribution in [0.5, 0.6) is 0 Å². The summed E-state index contributed by atoms with van der Waals surface area (Å²) < 4.78 is 0. The van der Waals surface area contributed by atoms with Gasteiger partial charge in [-0.2, -0.15) is 0 Å². The number of hydrogen-bond donors (Lipinski definition) is 1. The summed E-state index contributed by atoms with van der Waals surface area (Å²) in [6.07, 6.45) is 6.88. The van der Waals surface area contributed by atoms with Crippen LogP contribution in [0, 0.1) is 0 Å². The zero-order valence-corrected chi connectivity index (χ0v) is 11.6. The summed E-state index contributed by atoms with van der Waals surface area (Å²) in [5.41, 5.74) is 0. The molecular formula is C14H18N2O2S. The van der Waals surface area contributed by atoms with Crippen LogP contribution >= 0.6 is 11.8 Å². The maximum atomic E-state index is 12.3. The second-order valence-corrected chi connectivity index (χ2v) is 6.33. The number of aliphatic hydroxyl groups is 1. The molecule has 0 radical (unpaired) electrons. The van der Waals surface area contributed by atoms with Crippen molar-refractivity contribution in [2.75, 3.05) is 5.75 Å². The number of aromatic nitrogens is 1. The maximum Gasteiger partial charge on any atom is 0.233 e. The third-order valence-electron chi connectivity index (χ3n) is 4.01.